The number of ether oxygens (including phenoxy) is 2. The standard InChI is InChI=1S/C18H23N5O4S/c1-26-13-6-3-11(7-14(13)27-2)8-20-16(25)10-28-18-22-21-17(12-4-5-12)23(18)9-15(19)24/h3,6-7,12H,4-5,8-10H2,1-2H3,(H2,19,24)(H,20,25). The van der Waals surface area contributed by atoms with Crippen LogP contribution in [-0.4, -0.2) is 46.6 Å². The summed E-state index contributed by atoms with van der Waals surface area (Å²) in [7, 11) is 3.14. The van der Waals surface area contributed by atoms with E-state index in [9.17, 15) is 9.59 Å². The number of hydrogen-bond donors (Lipinski definition) is 2. The number of thioether (sulfide) groups is 1. The second-order valence-corrected chi connectivity index (χ2v) is 7.36. The van der Waals surface area contributed by atoms with Crippen LogP contribution in [-0.2, 0) is 22.7 Å². The average molecular weight is 405 g/mol. The molecule has 0 spiro atoms. The van der Waals surface area contributed by atoms with Crippen molar-refractivity contribution in [2.45, 2.75) is 37.0 Å². The number of carbonyl (C=O) groups is 2. The number of primary amides is 1. The molecular formula is C18H23N5O4S. The van der Waals surface area contributed by atoms with Gasteiger partial charge in [-0.15, -0.1) is 10.2 Å². The topological polar surface area (TPSA) is 121 Å². The molecule has 0 atom stereocenters. The van der Waals surface area contributed by atoms with Gasteiger partial charge >= 0.3 is 0 Å². The van der Waals surface area contributed by atoms with Crippen molar-refractivity contribution in [1.82, 2.24) is 20.1 Å². The third kappa shape index (κ3) is 4.94. The first-order chi connectivity index (χ1) is 13.5. The van der Waals surface area contributed by atoms with E-state index in [0.29, 0.717) is 29.1 Å². The van der Waals surface area contributed by atoms with Gasteiger partial charge in [0.2, 0.25) is 11.8 Å². The first-order valence-corrected chi connectivity index (χ1v) is 9.82. The fraction of sp³-hybridized carbons (Fsp3) is 0.444. The van der Waals surface area contributed by atoms with Crippen molar-refractivity contribution >= 4 is 23.6 Å². The van der Waals surface area contributed by atoms with Crippen molar-refractivity contribution in [3.63, 3.8) is 0 Å². The second kappa shape index (κ2) is 8.96. The number of nitrogens with two attached hydrogens (primary N) is 1. The van der Waals surface area contributed by atoms with Gasteiger partial charge in [-0.25, -0.2) is 0 Å². The monoisotopic (exact) mass is 405 g/mol. The van der Waals surface area contributed by atoms with Gasteiger partial charge in [-0.1, -0.05) is 17.8 Å². The van der Waals surface area contributed by atoms with Crippen LogP contribution in [0.4, 0.5) is 0 Å². The van der Waals surface area contributed by atoms with Crippen molar-refractivity contribution < 1.29 is 19.1 Å². The van der Waals surface area contributed by atoms with Crippen LogP contribution in [0.1, 0.15) is 30.1 Å². The van der Waals surface area contributed by atoms with E-state index in [1.165, 1.54) is 11.8 Å². The van der Waals surface area contributed by atoms with E-state index < -0.39 is 5.91 Å². The molecule has 0 aliphatic heterocycles. The highest BCUT2D eigenvalue weighted by Gasteiger charge is 2.31. The first kappa shape index (κ1) is 20.0. The minimum atomic E-state index is -0.457. The quantitative estimate of drug-likeness (QED) is 0.567. The fourth-order valence-corrected chi connectivity index (χ4v) is 3.50. The normalized spacial score (nSPS) is 13.2. The summed E-state index contributed by atoms with van der Waals surface area (Å²) in [5.41, 5.74) is 6.22. The highest BCUT2D eigenvalue weighted by atomic mass is 32.2. The number of amides is 2. The number of nitrogens with one attached hydrogen (secondary N) is 1. The molecule has 10 heteroatoms. The molecule has 1 fully saturated rings. The number of carbonyl (C=O) groups excluding carboxylic acids is 2. The summed E-state index contributed by atoms with van der Waals surface area (Å²) in [4.78, 5) is 23.6. The SMILES string of the molecule is COc1ccc(CNC(=O)CSc2nnc(C3CC3)n2CC(N)=O)cc1OC. The van der Waals surface area contributed by atoms with Crippen LogP contribution in [0.15, 0.2) is 23.4 Å². The summed E-state index contributed by atoms with van der Waals surface area (Å²) in [5.74, 6) is 1.90. The molecule has 1 heterocycles. The number of rotatable bonds is 10. The van der Waals surface area contributed by atoms with E-state index in [1.54, 1.807) is 24.9 Å². The van der Waals surface area contributed by atoms with Gasteiger partial charge in [-0.05, 0) is 30.5 Å². The minimum Gasteiger partial charge on any atom is -0.493 e. The Morgan fingerprint density at radius 3 is 2.64 bits per heavy atom. The highest BCUT2D eigenvalue weighted by molar-refractivity contribution is 7.99. The Bertz CT molecular complexity index is 866. The summed E-state index contributed by atoms with van der Waals surface area (Å²) in [6.45, 7) is 0.384. The summed E-state index contributed by atoms with van der Waals surface area (Å²) in [5, 5.41) is 11.7. The first-order valence-electron chi connectivity index (χ1n) is 8.83. The molecule has 1 aromatic carbocycles. The Morgan fingerprint density at radius 2 is 2.00 bits per heavy atom. The molecule has 1 aliphatic carbocycles. The lowest BCUT2D eigenvalue weighted by atomic mass is 10.2. The van der Waals surface area contributed by atoms with Crippen LogP contribution in [0.3, 0.4) is 0 Å². The molecule has 28 heavy (non-hydrogen) atoms. The fourth-order valence-electron chi connectivity index (χ4n) is 2.73. The summed E-state index contributed by atoms with van der Waals surface area (Å²) in [6.07, 6.45) is 2.07. The molecule has 1 aliphatic rings. The zero-order chi connectivity index (χ0) is 20.1. The molecule has 1 aromatic heterocycles. The lowest BCUT2D eigenvalue weighted by molar-refractivity contribution is -0.119. The number of benzene rings is 1. The lowest BCUT2D eigenvalue weighted by Gasteiger charge is -2.10. The molecule has 0 unspecified atom stereocenters. The van der Waals surface area contributed by atoms with Crippen LogP contribution >= 0.6 is 11.8 Å². The maximum atomic E-state index is 12.2. The van der Waals surface area contributed by atoms with Gasteiger partial charge in [0.15, 0.2) is 16.7 Å². The molecule has 0 radical (unpaired) electrons. The Balaban J connectivity index is 1.55. The minimum absolute atomic E-state index is 0.0223. The van der Waals surface area contributed by atoms with Crippen LogP contribution in [0.5, 0.6) is 11.5 Å². The molecular weight excluding hydrogens is 382 g/mol. The van der Waals surface area contributed by atoms with E-state index in [4.69, 9.17) is 15.2 Å². The molecule has 2 aromatic rings. The van der Waals surface area contributed by atoms with Crippen molar-refractivity contribution in [2.75, 3.05) is 20.0 Å². The molecule has 2 amide bonds. The summed E-state index contributed by atoms with van der Waals surface area (Å²) < 4.78 is 12.2. The van der Waals surface area contributed by atoms with Crippen molar-refractivity contribution in [3.05, 3.63) is 29.6 Å². The zero-order valence-electron chi connectivity index (χ0n) is 15.8. The van der Waals surface area contributed by atoms with Gasteiger partial charge in [0.05, 0.1) is 20.0 Å². The van der Waals surface area contributed by atoms with E-state index in [2.05, 4.69) is 15.5 Å². The molecule has 3 rings (SSSR count). The van der Waals surface area contributed by atoms with Crippen LogP contribution in [0, 0.1) is 0 Å². The number of methoxy groups -OCH3 is 2. The summed E-state index contributed by atoms with van der Waals surface area (Å²) >= 11 is 1.24. The smallest absolute Gasteiger partial charge is 0.237 e. The maximum Gasteiger partial charge on any atom is 0.237 e. The van der Waals surface area contributed by atoms with E-state index >= 15 is 0 Å². The highest BCUT2D eigenvalue weighted by Crippen LogP contribution is 2.40. The lowest BCUT2D eigenvalue weighted by Crippen LogP contribution is -2.25. The van der Waals surface area contributed by atoms with E-state index in [-0.39, 0.29) is 18.2 Å². The molecule has 0 bridgehead atoms. The number of hydrogen-bond acceptors (Lipinski definition) is 7. The third-order valence-electron chi connectivity index (χ3n) is 4.27. The van der Waals surface area contributed by atoms with Gasteiger partial charge in [0, 0.05) is 12.5 Å². The Labute approximate surface area is 167 Å². The van der Waals surface area contributed by atoms with Crippen LogP contribution in [0.2, 0.25) is 0 Å². The average Bonchev–Trinajstić information content (AvgIpc) is 3.46. The van der Waals surface area contributed by atoms with Gasteiger partial charge in [-0.2, -0.15) is 0 Å². The van der Waals surface area contributed by atoms with E-state index in [1.807, 2.05) is 12.1 Å². The van der Waals surface area contributed by atoms with Gasteiger partial charge < -0.3 is 20.5 Å². The van der Waals surface area contributed by atoms with Crippen molar-refractivity contribution in [2.24, 2.45) is 5.73 Å². The van der Waals surface area contributed by atoms with Gasteiger partial charge in [0.1, 0.15) is 12.4 Å². The predicted molar refractivity (Wildman–Crippen MR) is 103 cm³/mol. The molecule has 1 saturated carbocycles. The molecule has 0 saturated heterocycles. The largest absolute Gasteiger partial charge is 0.493 e. The van der Waals surface area contributed by atoms with Crippen LogP contribution < -0.4 is 20.5 Å². The van der Waals surface area contributed by atoms with Crippen LogP contribution in [0.25, 0.3) is 0 Å². The zero-order valence-corrected chi connectivity index (χ0v) is 16.6. The third-order valence-corrected chi connectivity index (χ3v) is 5.24. The molecule has 9 nitrogen and oxygen atoms in total. The van der Waals surface area contributed by atoms with Gasteiger partial charge in [0.25, 0.3) is 0 Å². The molecule has 150 valence electrons. The Hall–Kier alpha value is -2.75. The Morgan fingerprint density at radius 1 is 1.25 bits per heavy atom. The second-order valence-electron chi connectivity index (χ2n) is 6.42. The van der Waals surface area contributed by atoms with Crippen molar-refractivity contribution in [1.29, 1.82) is 0 Å². The number of nitrogens with zero attached hydrogens (tertiary/aromatic N) is 3. The molecule has 3 N–H and O–H groups in total. The van der Waals surface area contributed by atoms with Gasteiger partial charge in [-0.3, -0.25) is 14.2 Å². The maximum absolute atomic E-state index is 12.2. The summed E-state index contributed by atoms with van der Waals surface area (Å²) in [6, 6.07) is 5.47. The predicted octanol–water partition coefficient (Wildman–Crippen LogP) is 1.07. The van der Waals surface area contributed by atoms with Crippen molar-refractivity contribution in [3.8, 4) is 11.5 Å². The number of aromatic nitrogens is 3. The van der Waals surface area contributed by atoms with E-state index in [0.717, 1.165) is 24.2 Å². The Kier molecular flexibility index (Phi) is 6.40.